The molecule has 7 heteroatoms. The van der Waals surface area contributed by atoms with Crippen molar-refractivity contribution in [2.24, 2.45) is 10.9 Å². The van der Waals surface area contributed by atoms with Crippen molar-refractivity contribution in [1.82, 2.24) is 4.72 Å². The SMILES string of the molecule is C=CCC[C@H](NS(=O)(=O)c1ccc(C(C)C)cc1)[C@]1(CC(C)C)N=C(c2ccc3ccccc3c2)OC1=O. The Kier molecular flexibility index (Phi) is 8.19. The summed E-state index contributed by atoms with van der Waals surface area (Å²) in [5.41, 5.74) is 0.327. The van der Waals surface area contributed by atoms with E-state index in [1.807, 2.05) is 68.4 Å². The number of benzene rings is 3. The van der Waals surface area contributed by atoms with Crippen LogP contribution in [0.15, 0.2) is 89.3 Å². The third-order valence-corrected chi connectivity index (χ3v) is 8.44. The molecule has 0 spiro atoms. The smallest absolute Gasteiger partial charge is 0.342 e. The third kappa shape index (κ3) is 5.74. The van der Waals surface area contributed by atoms with Gasteiger partial charge in [0.1, 0.15) is 0 Å². The Morgan fingerprint density at radius 2 is 1.68 bits per heavy atom. The summed E-state index contributed by atoms with van der Waals surface area (Å²) in [5.74, 6) is 0.0144. The first-order valence-corrected chi connectivity index (χ1v) is 14.6. The van der Waals surface area contributed by atoms with Gasteiger partial charge in [-0.2, -0.15) is 0 Å². The summed E-state index contributed by atoms with van der Waals surface area (Å²) in [7, 11) is -3.94. The van der Waals surface area contributed by atoms with Crippen molar-refractivity contribution in [3.8, 4) is 0 Å². The molecule has 2 atom stereocenters. The monoisotopic (exact) mass is 532 g/mol. The molecule has 200 valence electrons. The van der Waals surface area contributed by atoms with E-state index in [0.29, 0.717) is 24.8 Å². The quantitative estimate of drug-likeness (QED) is 0.230. The summed E-state index contributed by atoms with van der Waals surface area (Å²) in [6.07, 6.45) is 2.91. The molecule has 0 amide bonds. The van der Waals surface area contributed by atoms with Crippen LogP contribution < -0.4 is 4.72 Å². The van der Waals surface area contributed by atoms with Crippen LogP contribution in [0.4, 0.5) is 0 Å². The molecule has 1 N–H and O–H groups in total. The Morgan fingerprint density at radius 1 is 1.00 bits per heavy atom. The largest absolute Gasteiger partial charge is 0.405 e. The highest BCUT2D eigenvalue weighted by Gasteiger charge is 2.53. The maximum Gasteiger partial charge on any atom is 0.342 e. The predicted octanol–water partition coefficient (Wildman–Crippen LogP) is 6.36. The molecule has 4 rings (SSSR count). The molecular formula is C31H36N2O4S. The van der Waals surface area contributed by atoms with Crippen molar-refractivity contribution in [2.75, 3.05) is 0 Å². The van der Waals surface area contributed by atoms with Gasteiger partial charge in [-0.1, -0.05) is 76.2 Å². The normalized spacial score (nSPS) is 18.6. The van der Waals surface area contributed by atoms with Crippen LogP contribution in [-0.4, -0.2) is 31.9 Å². The summed E-state index contributed by atoms with van der Waals surface area (Å²) in [5, 5.41) is 2.06. The number of carbonyl (C=O) groups is 1. The minimum Gasteiger partial charge on any atom is -0.405 e. The van der Waals surface area contributed by atoms with Crippen LogP contribution in [0.1, 0.15) is 64.0 Å². The average Bonchev–Trinajstić information content (AvgIpc) is 3.22. The van der Waals surface area contributed by atoms with Crippen LogP contribution in [0.5, 0.6) is 0 Å². The highest BCUT2D eigenvalue weighted by Crippen LogP contribution is 2.36. The van der Waals surface area contributed by atoms with E-state index in [2.05, 4.69) is 25.1 Å². The molecule has 0 bridgehead atoms. The molecule has 0 aromatic heterocycles. The van der Waals surface area contributed by atoms with Gasteiger partial charge < -0.3 is 4.74 Å². The topological polar surface area (TPSA) is 84.8 Å². The van der Waals surface area contributed by atoms with Crippen molar-refractivity contribution in [3.63, 3.8) is 0 Å². The first-order chi connectivity index (χ1) is 18.1. The lowest BCUT2D eigenvalue weighted by atomic mass is 9.81. The molecule has 0 unspecified atom stereocenters. The highest BCUT2D eigenvalue weighted by molar-refractivity contribution is 7.89. The fourth-order valence-electron chi connectivity index (χ4n) is 4.95. The maximum absolute atomic E-state index is 13.6. The van der Waals surface area contributed by atoms with Gasteiger partial charge in [-0.3, -0.25) is 0 Å². The molecule has 6 nitrogen and oxygen atoms in total. The fraction of sp³-hybridized carbons (Fsp3) is 0.355. The van der Waals surface area contributed by atoms with Crippen molar-refractivity contribution in [2.45, 2.75) is 69.4 Å². The second kappa shape index (κ2) is 11.2. The van der Waals surface area contributed by atoms with E-state index in [4.69, 9.17) is 9.73 Å². The molecule has 38 heavy (non-hydrogen) atoms. The summed E-state index contributed by atoms with van der Waals surface area (Å²) in [6.45, 7) is 11.9. The highest BCUT2D eigenvalue weighted by atomic mass is 32.2. The number of cyclic esters (lactones) is 1. The van der Waals surface area contributed by atoms with Gasteiger partial charge in [-0.05, 0) is 71.7 Å². The van der Waals surface area contributed by atoms with E-state index in [0.717, 1.165) is 16.3 Å². The van der Waals surface area contributed by atoms with Crippen molar-refractivity contribution in [3.05, 3.63) is 90.5 Å². The van der Waals surface area contributed by atoms with Gasteiger partial charge in [-0.15, -0.1) is 6.58 Å². The zero-order valence-corrected chi connectivity index (χ0v) is 23.3. The predicted molar refractivity (Wildman–Crippen MR) is 153 cm³/mol. The summed E-state index contributed by atoms with van der Waals surface area (Å²) in [6, 6.07) is 19.7. The number of esters is 1. The number of hydrogen-bond acceptors (Lipinski definition) is 5. The third-order valence-electron chi connectivity index (χ3n) is 6.95. The number of rotatable bonds is 11. The number of sulfonamides is 1. The molecular weight excluding hydrogens is 496 g/mol. The Morgan fingerprint density at radius 3 is 2.32 bits per heavy atom. The van der Waals surface area contributed by atoms with E-state index >= 15 is 0 Å². The minimum atomic E-state index is -3.94. The number of allylic oxidation sites excluding steroid dienone is 1. The molecule has 1 aliphatic rings. The van der Waals surface area contributed by atoms with E-state index < -0.39 is 27.6 Å². The Labute approximate surface area is 225 Å². The van der Waals surface area contributed by atoms with Crippen molar-refractivity contribution in [1.29, 1.82) is 0 Å². The number of nitrogens with zero attached hydrogens (tertiary/aromatic N) is 1. The Balaban J connectivity index is 1.76. The molecule has 0 aliphatic carbocycles. The molecule has 1 heterocycles. The van der Waals surface area contributed by atoms with Crippen molar-refractivity contribution >= 4 is 32.7 Å². The number of ether oxygens (including phenoxy) is 1. The fourth-order valence-corrected chi connectivity index (χ4v) is 6.27. The van der Waals surface area contributed by atoms with Gasteiger partial charge in [0.15, 0.2) is 5.54 Å². The first-order valence-electron chi connectivity index (χ1n) is 13.1. The lowest BCUT2D eigenvalue weighted by Gasteiger charge is -2.33. The maximum atomic E-state index is 13.6. The van der Waals surface area contributed by atoms with E-state index in [-0.39, 0.29) is 22.6 Å². The molecule has 0 radical (unpaired) electrons. The van der Waals surface area contributed by atoms with E-state index in [9.17, 15) is 13.2 Å². The Hall–Kier alpha value is -3.29. The van der Waals surface area contributed by atoms with Crippen LogP contribution in [-0.2, 0) is 19.6 Å². The van der Waals surface area contributed by atoms with Crippen molar-refractivity contribution < 1.29 is 17.9 Å². The van der Waals surface area contributed by atoms with Gasteiger partial charge in [-0.25, -0.2) is 22.9 Å². The lowest BCUT2D eigenvalue weighted by Crippen LogP contribution is -2.55. The van der Waals surface area contributed by atoms with Gasteiger partial charge in [0.2, 0.25) is 15.9 Å². The average molecular weight is 533 g/mol. The number of nitrogens with one attached hydrogen (secondary N) is 1. The lowest BCUT2D eigenvalue weighted by molar-refractivity contribution is -0.140. The van der Waals surface area contributed by atoms with Gasteiger partial charge >= 0.3 is 5.97 Å². The summed E-state index contributed by atoms with van der Waals surface area (Å²) >= 11 is 0. The standard InChI is InChI=1S/C31H36N2O4S/c1-6-7-12-28(33-38(35,36)27-17-15-23(16-18-27)22(4)5)31(20-21(2)3)30(34)37-29(32-31)26-14-13-24-10-8-9-11-25(24)19-26/h6,8-11,13-19,21-22,28,33H,1,7,12,20H2,2-5H3/t28-,31-/m0/s1. The second-order valence-electron chi connectivity index (χ2n) is 10.7. The molecule has 0 saturated heterocycles. The second-order valence-corrected chi connectivity index (χ2v) is 12.4. The number of hydrogen-bond donors (Lipinski definition) is 1. The van der Waals surface area contributed by atoms with Crippen LogP contribution >= 0.6 is 0 Å². The molecule has 1 aliphatic heterocycles. The Bertz CT molecular complexity index is 1460. The molecule has 3 aromatic rings. The summed E-state index contributed by atoms with van der Waals surface area (Å²) < 4.78 is 35.7. The first kappa shape index (κ1) is 27.7. The van der Waals surface area contributed by atoms with Crippen LogP contribution in [0, 0.1) is 5.92 Å². The van der Waals surface area contributed by atoms with E-state index in [1.54, 1.807) is 18.2 Å². The van der Waals surface area contributed by atoms with Gasteiger partial charge in [0, 0.05) is 5.56 Å². The molecule has 3 aromatic carbocycles. The molecule has 0 fully saturated rings. The molecule has 0 saturated carbocycles. The minimum absolute atomic E-state index is 0.0586. The summed E-state index contributed by atoms with van der Waals surface area (Å²) in [4.78, 5) is 18.6. The van der Waals surface area contributed by atoms with Crippen LogP contribution in [0.25, 0.3) is 10.8 Å². The number of fused-ring (bicyclic) bond motifs is 1. The zero-order chi connectivity index (χ0) is 27.5. The number of aliphatic imine (C=N–C) groups is 1. The van der Waals surface area contributed by atoms with Gasteiger partial charge in [0.25, 0.3) is 0 Å². The van der Waals surface area contributed by atoms with Gasteiger partial charge in [0.05, 0.1) is 10.9 Å². The van der Waals surface area contributed by atoms with Crippen LogP contribution in [0.3, 0.4) is 0 Å². The van der Waals surface area contributed by atoms with E-state index in [1.165, 1.54) is 0 Å². The number of carbonyl (C=O) groups excluding carboxylic acids is 1. The van der Waals surface area contributed by atoms with Crippen LogP contribution in [0.2, 0.25) is 0 Å². The zero-order valence-electron chi connectivity index (χ0n) is 22.5.